The van der Waals surface area contributed by atoms with E-state index in [1.807, 2.05) is 30.1 Å². The van der Waals surface area contributed by atoms with E-state index in [-0.39, 0.29) is 18.6 Å². The van der Waals surface area contributed by atoms with Gasteiger partial charge in [0.1, 0.15) is 0 Å². The van der Waals surface area contributed by atoms with Crippen LogP contribution in [0.2, 0.25) is 0 Å². The van der Waals surface area contributed by atoms with Crippen molar-refractivity contribution in [1.29, 1.82) is 0 Å². The van der Waals surface area contributed by atoms with E-state index in [1.165, 1.54) is 5.56 Å². The number of nitrogens with zero attached hydrogens (tertiary/aromatic N) is 1. The summed E-state index contributed by atoms with van der Waals surface area (Å²) in [6, 6.07) is 10.6. The number of likely N-dealkylation sites (N-methyl/N-ethyl adjacent to an activating group) is 1. The molecule has 0 fully saturated rings. The molecule has 1 N–H and O–H groups in total. The summed E-state index contributed by atoms with van der Waals surface area (Å²) in [5.74, 6) is 0.623. The molecule has 0 saturated carbocycles. The Kier molecular flexibility index (Phi) is 9.61. The number of carbonyl (C=O) groups is 1. The highest BCUT2D eigenvalue weighted by atomic mass is 16.2. The fraction of sp³-hybridized carbons (Fsp3) is 0.650. The van der Waals surface area contributed by atoms with Crippen LogP contribution in [0.3, 0.4) is 0 Å². The summed E-state index contributed by atoms with van der Waals surface area (Å²) in [5.41, 5.74) is 1.27. The standard InChI is InChI=1S/C20H33NO2/c1-4-5-7-14-20(23)21(3)19(17(2)11-10-15-22)16-18-12-8-6-9-13-18/h6,8-9,12-13,17,19,22H,4-5,7,10-11,14-16H2,1-3H3/t17-,19-/m0/s1. The number of carbonyl (C=O) groups excluding carboxylic acids is 1. The molecule has 0 unspecified atom stereocenters. The second kappa shape index (κ2) is 11.2. The smallest absolute Gasteiger partial charge is 0.222 e. The molecule has 130 valence electrons. The molecule has 0 aliphatic carbocycles. The van der Waals surface area contributed by atoms with Crippen LogP contribution in [-0.2, 0) is 11.2 Å². The Bertz CT molecular complexity index is 433. The Morgan fingerprint density at radius 3 is 2.48 bits per heavy atom. The van der Waals surface area contributed by atoms with Crippen LogP contribution in [0.5, 0.6) is 0 Å². The van der Waals surface area contributed by atoms with Gasteiger partial charge >= 0.3 is 0 Å². The average molecular weight is 319 g/mol. The first-order chi connectivity index (χ1) is 11.1. The number of unbranched alkanes of at least 4 members (excludes halogenated alkanes) is 2. The molecule has 3 heteroatoms. The number of hydrogen-bond donors (Lipinski definition) is 1. The van der Waals surface area contributed by atoms with E-state index in [1.54, 1.807) is 0 Å². The van der Waals surface area contributed by atoms with Crippen molar-refractivity contribution in [3.8, 4) is 0 Å². The Balaban J connectivity index is 2.74. The predicted molar refractivity (Wildman–Crippen MR) is 96.3 cm³/mol. The zero-order valence-electron chi connectivity index (χ0n) is 15.0. The van der Waals surface area contributed by atoms with Gasteiger partial charge in [-0.2, -0.15) is 0 Å². The maximum absolute atomic E-state index is 12.5. The predicted octanol–water partition coefficient (Wildman–Crippen LogP) is 4.05. The quantitative estimate of drug-likeness (QED) is 0.625. The lowest BCUT2D eigenvalue weighted by atomic mass is 9.90. The number of aliphatic hydroxyl groups is 1. The third-order valence-electron chi connectivity index (χ3n) is 4.65. The van der Waals surface area contributed by atoms with Crippen LogP contribution in [-0.4, -0.2) is 35.6 Å². The van der Waals surface area contributed by atoms with Gasteiger partial charge in [0, 0.05) is 26.1 Å². The van der Waals surface area contributed by atoms with E-state index >= 15 is 0 Å². The maximum atomic E-state index is 12.5. The molecule has 1 amide bonds. The Labute approximate surface area is 141 Å². The van der Waals surface area contributed by atoms with Crippen LogP contribution in [0.1, 0.15) is 57.9 Å². The molecular formula is C20H33NO2. The molecule has 0 aliphatic rings. The molecule has 23 heavy (non-hydrogen) atoms. The van der Waals surface area contributed by atoms with E-state index in [9.17, 15) is 4.79 Å². The first kappa shape index (κ1) is 19.7. The van der Waals surface area contributed by atoms with Crippen molar-refractivity contribution in [1.82, 2.24) is 4.90 Å². The second-order valence-corrected chi connectivity index (χ2v) is 6.56. The van der Waals surface area contributed by atoms with Gasteiger partial charge in [0.05, 0.1) is 0 Å². The molecule has 3 nitrogen and oxygen atoms in total. The molecule has 2 atom stereocenters. The van der Waals surface area contributed by atoms with Crippen LogP contribution >= 0.6 is 0 Å². The molecule has 0 radical (unpaired) electrons. The number of amides is 1. The Morgan fingerprint density at radius 2 is 1.87 bits per heavy atom. The van der Waals surface area contributed by atoms with Crippen LogP contribution in [0.4, 0.5) is 0 Å². The Morgan fingerprint density at radius 1 is 1.17 bits per heavy atom. The molecular weight excluding hydrogens is 286 g/mol. The first-order valence-corrected chi connectivity index (χ1v) is 9.00. The summed E-state index contributed by atoms with van der Waals surface area (Å²) in [6.45, 7) is 4.57. The normalized spacial score (nSPS) is 13.6. The van der Waals surface area contributed by atoms with Crippen LogP contribution < -0.4 is 0 Å². The lowest BCUT2D eigenvalue weighted by Crippen LogP contribution is -2.42. The van der Waals surface area contributed by atoms with Crippen molar-refractivity contribution >= 4 is 5.91 Å². The van der Waals surface area contributed by atoms with Gasteiger partial charge < -0.3 is 10.0 Å². The van der Waals surface area contributed by atoms with Crippen molar-refractivity contribution in [2.45, 2.75) is 64.8 Å². The van der Waals surface area contributed by atoms with Crippen molar-refractivity contribution in [2.75, 3.05) is 13.7 Å². The van der Waals surface area contributed by atoms with Gasteiger partial charge in [-0.15, -0.1) is 0 Å². The lowest BCUT2D eigenvalue weighted by Gasteiger charge is -2.33. The summed E-state index contributed by atoms with van der Waals surface area (Å²) in [6.07, 6.45) is 6.49. The van der Waals surface area contributed by atoms with Gasteiger partial charge in [0.25, 0.3) is 0 Å². The zero-order chi connectivity index (χ0) is 17.1. The maximum Gasteiger partial charge on any atom is 0.222 e. The third kappa shape index (κ3) is 7.17. The number of hydrogen-bond acceptors (Lipinski definition) is 2. The van der Waals surface area contributed by atoms with Crippen LogP contribution in [0.25, 0.3) is 0 Å². The highest BCUT2D eigenvalue weighted by Gasteiger charge is 2.25. The van der Waals surface area contributed by atoms with E-state index in [0.717, 1.165) is 38.5 Å². The molecule has 0 aliphatic heterocycles. The van der Waals surface area contributed by atoms with Gasteiger partial charge in [-0.25, -0.2) is 0 Å². The van der Waals surface area contributed by atoms with Gasteiger partial charge in [-0.1, -0.05) is 57.0 Å². The van der Waals surface area contributed by atoms with Crippen molar-refractivity contribution in [3.05, 3.63) is 35.9 Å². The van der Waals surface area contributed by atoms with Crippen molar-refractivity contribution < 1.29 is 9.90 Å². The largest absolute Gasteiger partial charge is 0.396 e. The minimum atomic E-state index is 0.193. The van der Waals surface area contributed by atoms with Gasteiger partial charge in [-0.3, -0.25) is 4.79 Å². The molecule has 0 heterocycles. The molecule has 0 aromatic heterocycles. The average Bonchev–Trinajstić information content (AvgIpc) is 2.58. The van der Waals surface area contributed by atoms with Crippen molar-refractivity contribution in [3.63, 3.8) is 0 Å². The topological polar surface area (TPSA) is 40.5 Å². The summed E-state index contributed by atoms with van der Waals surface area (Å²) in [7, 11) is 1.94. The van der Waals surface area contributed by atoms with E-state index in [4.69, 9.17) is 5.11 Å². The fourth-order valence-corrected chi connectivity index (χ4v) is 3.07. The number of aliphatic hydroxyl groups excluding tert-OH is 1. The van der Waals surface area contributed by atoms with E-state index in [2.05, 4.69) is 26.0 Å². The fourth-order valence-electron chi connectivity index (χ4n) is 3.07. The van der Waals surface area contributed by atoms with Gasteiger partial charge in [0.15, 0.2) is 0 Å². The van der Waals surface area contributed by atoms with E-state index < -0.39 is 0 Å². The molecule has 1 aromatic rings. The number of rotatable bonds is 11. The molecule has 0 bridgehead atoms. The lowest BCUT2D eigenvalue weighted by molar-refractivity contribution is -0.133. The third-order valence-corrected chi connectivity index (χ3v) is 4.65. The molecule has 1 rings (SSSR count). The summed E-state index contributed by atoms with van der Waals surface area (Å²) in [5, 5.41) is 9.10. The SMILES string of the molecule is CCCCCC(=O)N(C)[C@@H](Cc1ccccc1)[C@@H](C)CCCO. The van der Waals surface area contributed by atoms with Crippen molar-refractivity contribution in [2.24, 2.45) is 5.92 Å². The molecule has 0 saturated heterocycles. The molecule has 1 aromatic carbocycles. The summed E-state index contributed by atoms with van der Waals surface area (Å²) >= 11 is 0. The number of benzene rings is 1. The molecule has 0 spiro atoms. The second-order valence-electron chi connectivity index (χ2n) is 6.56. The van der Waals surface area contributed by atoms with Gasteiger partial charge in [0.2, 0.25) is 5.91 Å². The Hall–Kier alpha value is -1.35. The van der Waals surface area contributed by atoms with Gasteiger partial charge in [-0.05, 0) is 37.2 Å². The minimum Gasteiger partial charge on any atom is -0.396 e. The zero-order valence-corrected chi connectivity index (χ0v) is 15.0. The van der Waals surface area contributed by atoms with E-state index in [0.29, 0.717) is 12.3 Å². The van der Waals surface area contributed by atoms with Crippen LogP contribution in [0.15, 0.2) is 30.3 Å². The highest BCUT2D eigenvalue weighted by Crippen LogP contribution is 2.21. The summed E-state index contributed by atoms with van der Waals surface area (Å²) in [4.78, 5) is 14.5. The monoisotopic (exact) mass is 319 g/mol. The van der Waals surface area contributed by atoms with Crippen LogP contribution in [0, 0.1) is 5.92 Å². The highest BCUT2D eigenvalue weighted by molar-refractivity contribution is 5.76. The first-order valence-electron chi connectivity index (χ1n) is 9.00. The minimum absolute atomic E-state index is 0.193. The summed E-state index contributed by atoms with van der Waals surface area (Å²) < 4.78 is 0.